The van der Waals surface area contributed by atoms with E-state index >= 15 is 0 Å². The SMILES string of the molecule is CNC(Cc1ccn(C2CCCC2)n1)C1CCCCCC1. The minimum Gasteiger partial charge on any atom is -0.316 e. The van der Waals surface area contributed by atoms with Crippen LogP contribution < -0.4 is 5.32 Å². The van der Waals surface area contributed by atoms with E-state index in [2.05, 4.69) is 29.3 Å². The molecular weight excluding hydrogens is 258 g/mol. The molecule has 0 aliphatic heterocycles. The first kappa shape index (κ1) is 15.1. The molecular formula is C18H31N3. The van der Waals surface area contributed by atoms with Crippen molar-refractivity contribution in [3.05, 3.63) is 18.0 Å². The van der Waals surface area contributed by atoms with Crippen LogP contribution in [0.1, 0.15) is 75.9 Å². The molecule has 0 bridgehead atoms. The van der Waals surface area contributed by atoms with E-state index < -0.39 is 0 Å². The Morgan fingerprint density at radius 1 is 1.10 bits per heavy atom. The maximum atomic E-state index is 4.87. The molecule has 2 aliphatic rings. The molecule has 0 amide bonds. The number of nitrogens with one attached hydrogen (secondary N) is 1. The van der Waals surface area contributed by atoms with Crippen LogP contribution in [0, 0.1) is 5.92 Å². The smallest absolute Gasteiger partial charge is 0.0640 e. The summed E-state index contributed by atoms with van der Waals surface area (Å²) in [6.45, 7) is 0. The van der Waals surface area contributed by atoms with Crippen LogP contribution in [-0.4, -0.2) is 22.9 Å². The molecule has 118 valence electrons. The van der Waals surface area contributed by atoms with Crippen LogP contribution in [0.25, 0.3) is 0 Å². The van der Waals surface area contributed by atoms with E-state index in [9.17, 15) is 0 Å². The molecule has 2 aliphatic carbocycles. The van der Waals surface area contributed by atoms with Crippen molar-refractivity contribution in [2.45, 2.75) is 82.7 Å². The molecule has 0 saturated heterocycles. The summed E-state index contributed by atoms with van der Waals surface area (Å²) in [6.07, 6.45) is 17.2. The Morgan fingerprint density at radius 2 is 1.76 bits per heavy atom. The van der Waals surface area contributed by atoms with Crippen molar-refractivity contribution in [2.75, 3.05) is 7.05 Å². The highest BCUT2D eigenvalue weighted by Gasteiger charge is 2.23. The Labute approximate surface area is 129 Å². The molecule has 1 aromatic rings. The van der Waals surface area contributed by atoms with E-state index in [0.717, 1.165) is 12.3 Å². The van der Waals surface area contributed by atoms with Crippen molar-refractivity contribution < 1.29 is 0 Å². The fourth-order valence-corrected chi connectivity index (χ4v) is 4.30. The van der Waals surface area contributed by atoms with Crippen LogP contribution >= 0.6 is 0 Å². The predicted octanol–water partition coefficient (Wildman–Crippen LogP) is 4.10. The quantitative estimate of drug-likeness (QED) is 0.827. The molecule has 2 saturated carbocycles. The predicted molar refractivity (Wildman–Crippen MR) is 87.5 cm³/mol. The highest BCUT2D eigenvalue weighted by atomic mass is 15.3. The first-order valence-corrected chi connectivity index (χ1v) is 9.08. The zero-order valence-electron chi connectivity index (χ0n) is 13.6. The molecule has 3 nitrogen and oxygen atoms in total. The van der Waals surface area contributed by atoms with Gasteiger partial charge in [0.2, 0.25) is 0 Å². The largest absolute Gasteiger partial charge is 0.316 e. The zero-order valence-corrected chi connectivity index (χ0v) is 13.6. The summed E-state index contributed by atoms with van der Waals surface area (Å²) in [5.74, 6) is 0.842. The lowest BCUT2D eigenvalue weighted by molar-refractivity contribution is 0.329. The molecule has 1 N–H and O–H groups in total. The molecule has 1 atom stereocenters. The summed E-state index contributed by atoms with van der Waals surface area (Å²) < 4.78 is 2.24. The monoisotopic (exact) mass is 289 g/mol. The third-order valence-electron chi connectivity index (χ3n) is 5.63. The number of aromatic nitrogens is 2. The van der Waals surface area contributed by atoms with Crippen LogP contribution in [0.2, 0.25) is 0 Å². The van der Waals surface area contributed by atoms with Crippen LogP contribution in [-0.2, 0) is 6.42 Å². The van der Waals surface area contributed by atoms with Gasteiger partial charge < -0.3 is 5.32 Å². The summed E-state index contributed by atoms with van der Waals surface area (Å²) in [5.41, 5.74) is 1.28. The van der Waals surface area contributed by atoms with Crippen molar-refractivity contribution in [3.63, 3.8) is 0 Å². The minimum absolute atomic E-state index is 0.607. The van der Waals surface area contributed by atoms with Gasteiger partial charge in [-0.05, 0) is 44.7 Å². The molecule has 1 aromatic heterocycles. The summed E-state index contributed by atoms with van der Waals surface area (Å²) >= 11 is 0. The van der Waals surface area contributed by atoms with Gasteiger partial charge in [-0.15, -0.1) is 0 Å². The van der Waals surface area contributed by atoms with Gasteiger partial charge in [-0.1, -0.05) is 38.5 Å². The van der Waals surface area contributed by atoms with E-state index in [1.165, 1.54) is 69.9 Å². The summed E-state index contributed by atoms with van der Waals surface area (Å²) in [4.78, 5) is 0. The lowest BCUT2D eigenvalue weighted by atomic mass is 9.89. The maximum absolute atomic E-state index is 4.87. The highest BCUT2D eigenvalue weighted by Crippen LogP contribution is 2.30. The van der Waals surface area contributed by atoms with Gasteiger partial charge in [-0.2, -0.15) is 5.10 Å². The Hall–Kier alpha value is -0.830. The minimum atomic E-state index is 0.607. The maximum Gasteiger partial charge on any atom is 0.0640 e. The fraction of sp³-hybridized carbons (Fsp3) is 0.833. The summed E-state index contributed by atoms with van der Waals surface area (Å²) in [5, 5.41) is 8.45. The second-order valence-electron chi connectivity index (χ2n) is 7.08. The van der Waals surface area contributed by atoms with Crippen LogP contribution in [0.5, 0.6) is 0 Å². The van der Waals surface area contributed by atoms with E-state index in [1.807, 2.05) is 0 Å². The van der Waals surface area contributed by atoms with Gasteiger partial charge >= 0.3 is 0 Å². The zero-order chi connectivity index (χ0) is 14.5. The standard InChI is InChI=1S/C18H31N3/c1-19-18(15-8-4-2-3-5-9-15)14-16-12-13-21(20-16)17-10-6-7-11-17/h12-13,15,17-19H,2-11,14H2,1H3. The van der Waals surface area contributed by atoms with E-state index in [0.29, 0.717) is 12.1 Å². The van der Waals surface area contributed by atoms with E-state index in [1.54, 1.807) is 0 Å². The number of hydrogen-bond acceptors (Lipinski definition) is 2. The summed E-state index contributed by atoms with van der Waals surface area (Å²) in [7, 11) is 2.13. The van der Waals surface area contributed by atoms with Crippen molar-refractivity contribution >= 4 is 0 Å². The first-order chi connectivity index (χ1) is 10.4. The Kier molecular flexibility index (Phi) is 5.34. The number of likely N-dealkylation sites (N-methyl/N-ethyl adjacent to an activating group) is 1. The molecule has 3 heteroatoms. The van der Waals surface area contributed by atoms with Gasteiger partial charge in [0.25, 0.3) is 0 Å². The van der Waals surface area contributed by atoms with E-state index in [4.69, 9.17) is 5.10 Å². The number of nitrogens with zero attached hydrogens (tertiary/aromatic N) is 2. The van der Waals surface area contributed by atoms with Gasteiger partial charge in [0.15, 0.2) is 0 Å². The Morgan fingerprint density at radius 3 is 2.43 bits per heavy atom. The van der Waals surface area contributed by atoms with Gasteiger partial charge in [-0.3, -0.25) is 4.68 Å². The second kappa shape index (κ2) is 7.44. The number of hydrogen-bond donors (Lipinski definition) is 1. The van der Waals surface area contributed by atoms with Gasteiger partial charge in [-0.25, -0.2) is 0 Å². The van der Waals surface area contributed by atoms with Crippen LogP contribution in [0.3, 0.4) is 0 Å². The van der Waals surface area contributed by atoms with E-state index in [-0.39, 0.29) is 0 Å². The lowest BCUT2D eigenvalue weighted by Gasteiger charge is -2.25. The van der Waals surface area contributed by atoms with Crippen molar-refractivity contribution in [1.82, 2.24) is 15.1 Å². The van der Waals surface area contributed by atoms with Crippen molar-refractivity contribution in [1.29, 1.82) is 0 Å². The molecule has 1 unspecified atom stereocenters. The second-order valence-corrected chi connectivity index (χ2v) is 7.08. The highest BCUT2D eigenvalue weighted by molar-refractivity contribution is 5.03. The molecule has 0 spiro atoms. The Balaban J connectivity index is 1.60. The third kappa shape index (κ3) is 3.88. The normalized spacial score (nSPS) is 23.3. The van der Waals surface area contributed by atoms with Crippen molar-refractivity contribution in [2.24, 2.45) is 5.92 Å². The Bertz CT molecular complexity index is 412. The lowest BCUT2D eigenvalue weighted by Crippen LogP contribution is -2.35. The van der Waals surface area contributed by atoms with Crippen molar-refractivity contribution in [3.8, 4) is 0 Å². The number of rotatable bonds is 5. The molecule has 1 heterocycles. The third-order valence-corrected chi connectivity index (χ3v) is 5.63. The molecule has 0 radical (unpaired) electrons. The molecule has 3 rings (SSSR count). The average Bonchev–Trinajstić information content (AvgIpc) is 3.11. The fourth-order valence-electron chi connectivity index (χ4n) is 4.30. The van der Waals surface area contributed by atoms with Crippen LogP contribution in [0.15, 0.2) is 12.3 Å². The topological polar surface area (TPSA) is 29.9 Å². The average molecular weight is 289 g/mol. The first-order valence-electron chi connectivity index (χ1n) is 9.08. The molecule has 0 aromatic carbocycles. The van der Waals surface area contributed by atoms with Gasteiger partial charge in [0.05, 0.1) is 11.7 Å². The summed E-state index contributed by atoms with van der Waals surface area (Å²) in [6, 6.07) is 3.53. The molecule has 2 fully saturated rings. The van der Waals surface area contributed by atoms with Crippen LogP contribution in [0.4, 0.5) is 0 Å². The molecule has 21 heavy (non-hydrogen) atoms. The van der Waals surface area contributed by atoms with Gasteiger partial charge in [0, 0.05) is 18.7 Å². The van der Waals surface area contributed by atoms with Gasteiger partial charge in [0.1, 0.15) is 0 Å².